The molecular weight excluding hydrogens is 348 g/mol. The van der Waals surface area contributed by atoms with Gasteiger partial charge in [0.2, 0.25) is 0 Å². The Kier molecular flexibility index (Phi) is 3.93. The van der Waals surface area contributed by atoms with Crippen LogP contribution < -0.4 is 9.80 Å². The predicted octanol–water partition coefficient (Wildman–Crippen LogP) is 3.81. The molecule has 0 amide bonds. The van der Waals surface area contributed by atoms with Crippen molar-refractivity contribution in [1.82, 2.24) is 19.7 Å². The first kappa shape index (κ1) is 17.0. The quantitative estimate of drug-likeness (QED) is 0.700. The second kappa shape index (κ2) is 6.48. The molecule has 2 aliphatic heterocycles. The van der Waals surface area contributed by atoms with E-state index in [4.69, 9.17) is 5.10 Å². The molecule has 6 nitrogen and oxygen atoms in total. The Hall–Kier alpha value is -3.15. The zero-order valence-corrected chi connectivity index (χ0v) is 16.3. The lowest BCUT2D eigenvalue weighted by atomic mass is 10.2. The molecule has 1 fully saturated rings. The van der Waals surface area contributed by atoms with Gasteiger partial charge in [-0.1, -0.05) is 13.5 Å². The highest BCUT2D eigenvalue weighted by molar-refractivity contribution is 5.81. The van der Waals surface area contributed by atoms with E-state index >= 15 is 0 Å². The number of hydrogen-bond donors (Lipinski definition) is 0. The lowest BCUT2D eigenvalue weighted by Gasteiger charge is -2.19. The maximum Gasteiger partial charge on any atom is 0.128 e. The van der Waals surface area contributed by atoms with Crippen molar-refractivity contribution in [2.45, 2.75) is 26.8 Å². The standard InChI is InChI=1S/C22H24N6/c1-15-8-9-26(12-15)21-7-6-20(11-24-21)28-14-18-13-27(17(3)22(18)25-28)19-5-4-16(2)23-10-19/h4-7,10-11,14-15H,3,8-9,12-13H2,1-2H3/t15-/m0/s1. The van der Waals surface area contributed by atoms with E-state index in [1.165, 1.54) is 12.0 Å². The van der Waals surface area contributed by atoms with Crippen molar-refractivity contribution in [1.29, 1.82) is 0 Å². The van der Waals surface area contributed by atoms with Crippen LogP contribution in [0.2, 0.25) is 0 Å². The van der Waals surface area contributed by atoms with E-state index in [1.807, 2.05) is 30.1 Å². The molecule has 0 bridgehead atoms. The van der Waals surface area contributed by atoms with Crippen LogP contribution in [0.15, 0.2) is 49.4 Å². The first-order valence-electron chi connectivity index (χ1n) is 9.78. The lowest BCUT2D eigenvalue weighted by Crippen LogP contribution is -2.20. The van der Waals surface area contributed by atoms with Gasteiger partial charge in [-0.2, -0.15) is 5.10 Å². The predicted molar refractivity (Wildman–Crippen MR) is 112 cm³/mol. The van der Waals surface area contributed by atoms with Gasteiger partial charge in [0, 0.05) is 30.5 Å². The highest BCUT2D eigenvalue weighted by atomic mass is 15.3. The topological polar surface area (TPSA) is 50.1 Å². The first-order chi connectivity index (χ1) is 13.6. The third kappa shape index (κ3) is 2.85. The lowest BCUT2D eigenvalue weighted by molar-refractivity contribution is 0.659. The summed E-state index contributed by atoms with van der Waals surface area (Å²) in [5.41, 5.74) is 6.06. The van der Waals surface area contributed by atoms with Gasteiger partial charge in [-0.25, -0.2) is 9.67 Å². The summed E-state index contributed by atoms with van der Waals surface area (Å²) in [6, 6.07) is 8.29. The Morgan fingerprint density at radius 2 is 1.89 bits per heavy atom. The normalized spacial score (nSPS) is 18.8. The van der Waals surface area contributed by atoms with Crippen molar-refractivity contribution < 1.29 is 0 Å². The number of rotatable bonds is 3. The molecule has 0 unspecified atom stereocenters. The zero-order valence-electron chi connectivity index (χ0n) is 16.3. The molecule has 5 rings (SSSR count). The summed E-state index contributed by atoms with van der Waals surface area (Å²) in [4.78, 5) is 13.6. The van der Waals surface area contributed by atoms with Crippen molar-refractivity contribution in [2.24, 2.45) is 5.92 Å². The van der Waals surface area contributed by atoms with Gasteiger partial charge < -0.3 is 9.80 Å². The summed E-state index contributed by atoms with van der Waals surface area (Å²) < 4.78 is 1.91. The summed E-state index contributed by atoms with van der Waals surface area (Å²) in [6.07, 6.45) is 7.12. The number of fused-ring (bicyclic) bond motifs is 1. The van der Waals surface area contributed by atoms with Crippen molar-refractivity contribution in [3.8, 4) is 5.69 Å². The fraction of sp³-hybridized carbons (Fsp3) is 0.318. The van der Waals surface area contributed by atoms with Crippen LogP contribution in [0.3, 0.4) is 0 Å². The maximum atomic E-state index is 4.78. The number of pyridine rings is 2. The largest absolute Gasteiger partial charge is 0.356 e. The molecule has 3 aromatic heterocycles. The van der Waals surface area contributed by atoms with Crippen LogP contribution in [0.1, 0.15) is 30.3 Å². The van der Waals surface area contributed by atoms with Crippen molar-refractivity contribution in [3.05, 3.63) is 66.4 Å². The molecule has 0 radical (unpaired) electrons. The monoisotopic (exact) mass is 372 g/mol. The van der Waals surface area contributed by atoms with Gasteiger partial charge in [0.1, 0.15) is 11.5 Å². The van der Waals surface area contributed by atoms with Gasteiger partial charge in [0.25, 0.3) is 0 Å². The molecule has 0 aromatic carbocycles. The van der Waals surface area contributed by atoms with E-state index < -0.39 is 0 Å². The summed E-state index contributed by atoms with van der Waals surface area (Å²) in [5, 5.41) is 4.78. The molecule has 3 aromatic rings. The Labute approximate surface area is 165 Å². The smallest absolute Gasteiger partial charge is 0.128 e. The fourth-order valence-corrected chi connectivity index (χ4v) is 4.00. The number of aromatic nitrogens is 4. The third-order valence-corrected chi connectivity index (χ3v) is 5.67. The van der Waals surface area contributed by atoms with Gasteiger partial charge in [-0.15, -0.1) is 0 Å². The zero-order chi connectivity index (χ0) is 19.3. The van der Waals surface area contributed by atoms with Crippen LogP contribution in [0.25, 0.3) is 11.4 Å². The van der Waals surface area contributed by atoms with Crippen LogP contribution in [0.5, 0.6) is 0 Å². The first-order valence-corrected chi connectivity index (χ1v) is 9.78. The van der Waals surface area contributed by atoms with E-state index in [1.54, 1.807) is 0 Å². The minimum atomic E-state index is 0.744. The van der Waals surface area contributed by atoms with Gasteiger partial charge in [-0.3, -0.25) is 4.98 Å². The number of hydrogen-bond acceptors (Lipinski definition) is 5. The molecule has 0 spiro atoms. The molecule has 28 heavy (non-hydrogen) atoms. The summed E-state index contributed by atoms with van der Waals surface area (Å²) >= 11 is 0. The van der Waals surface area contributed by atoms with Gasteiger partial charge in [0.15, 0.2) is 0 Å². The number of anilines is 2. The molecule has 2 aliphatic rings. The summed E-state index contributed by atoms with van der Waals surface area (Å²) in [5.74, 6) is 1.79. The van der Waals surface area contributed by atoms with Crippen LogP contribution in [-0.4, -0.2) is 32.8 Å². The van der Waals surface area contributed by atoms with Crippen LogP contribution in [-0.2, 0) is 6.54 Å². The third-order valence-electron chi connectivity index (χ3n) is 5.67. The minimum absolute atomic E-state index is 0.744. The van der Waals surface area contributed by atoms with E-state index in [0.29, 0.717) is 0 Å². The Morgan fingerprint density at radius 3 is 2.54 bits per heavy atom. The average Bonchev–Trinajstić information content (AvgIpc) is 3.39. The Morgan fingerprint density at radius 1 is 1.07 bits per heavy atom. The molecule has 0 N–H and O–H groups in total. The van der Waals surface area contributed by atoms with Crippen LogP contribution in [0, 0.1) is 12.8 Å². The van der Waals surface area contributed by atoms with Crippen LogP contribution >= 0.6 is 0 Å². The second-order valence-corrected chi connectivity index (χ2v) is 7.85. The molecule has 1 saturated heterocycles. The minimum Gasteiger partial charge on any atom is -0.356 e. The Balaban J connectivity index is 1.36. The van der Waals surface area contributed by atoms with Crippen molar-refractivity contribution >= 4 is 17.2 Å². The molecular formula is C22H24N6. The van der Waals surface area contributed by atoms with E-state index in [9.17, 15) is 0 Å². The maximum absolute atomic E-state index is 4.78. The number of aryl methyl sites for hydroxylation is 1. The van der Waals surface area contributed by atoms with Crippen molar-refractivity contribution in [2.75, 3.05) is 22.9 Å². The molecule has 0 saturated carbocycles. The SMILES string of the molecule is C=C1c2nn(-c3ccc(N4CC[C@H](C)C4)nc3)cc2CN1c1ccc(C)nc1. The fourth-order valence-electron chi connectivity index (χ4n) is 4.00. The molecule has 1 atom stereocenters. The average molecular weight is 372 g/mol. The highest BCUT2D eigenvalue weighted by Crippen LogP contribution is 2.35. The van der Waals surface area contributed by atoms with E-state index in [0.717, 1.165) is 59.8 Å². The highest BCUT2D eigenvalue weighted by Gasteiger charge is 2.27. The van der Waals surface area contributed by atoms with E-state index in [2.05, 4.69) is 57.7 Å². The molecule has 142 valence electrons. The molecule has 5 heterocycles. The number of nitrogens with zero attached hydrogens (tertiary/aromatic N) is 6. The Bertz CT molecular complexity index is 1020. The second-order valence-electron chi connectivity index (χ2n) is 7.85. The van der Waals surface area contributed by atoms with Crippen molar-refractivity contribution in [3.63, 3.8) is 0 Å². The molecule has 6 heteroatoms. The van der Waals surface area contributed by atoms with Gasteiger partial charge in [-0.05, 0) is 43.5 Å². The summed E-state index contributed by atoms with van der Waals surface area (Å²) in [7, 11) is 0. The molecule has 0 aliphatic carbocycles. The van der Waals surface area contributed by atoms with Gasteiger partial charge >= 0.3 is 0 Å². The van der Waals surface area contributed by atoms with Gasteiger partial charge in [0.05, 0.1) is 36.0 Å². The van der Waals surface area contributed by atoms with Crippen LogP contribution in [0.4, 0.5) is 11.5 Å². The van der Waals surface area contributed by atoms with E-state index in [-0.39, 0.29) is 0 Å². The summed E-state index contributed by atoms with van der Waals surface area (Å²) in [6.45, 7) is 11.5.